The predicted octanol–water partition coefficient (Wildman–Crippen LogP) is 2.66. The third kappa shape index (κ3) is 5.08. The fourth-order valence-corrected chi connectivity index (χ4v) is 2.38. The molecular weight excluding hydrogens is 262 g/mol. The van der Waals surface area contributed by atoms with Crippen LogP contribution in [0.25, 0.3) is 0 Å². The number of benzene rings is 1. The molecule has 0 aliphatic heterocycles. The van der Waals surface area contributed by atoms with Gasteiger partial charge in [0.25, 0.3) is 0 Å². The zero-order valence-corrected chi connectivity index (χ0v) is 13.1. The van der Waals surface area contributed by atoms with Crippen LogP contribution in [0.1, 0.15) is 37.3 Å². The van der Waals surface area contributed by atoms with Crippen LogP contribution in [0.15, 0.2) is 18.2 Å². The number of rotatable bonds is 7. The quantitative estimate of drug-likeness (QED) is 0.783. The van der Waals surface area contributed by atoms with Gasteiger partial charge in [-0.1, -0.05) is 18.8 Å². The highest BCUT2D eigenvalue weighted by Gasteiger charge is 2.23. The van der Waals surface area contributed by atoms with Crippen molar-refractivity contribution >= 4 is 0 Å². The molecule has 0 heterocycles. The van der Waals surface area contributed by atoms with Gasteiger partial charge < -0.3 is 9.84 Å². The standard InChI is InChI=1S/C18H25NO2/c1-3-19(13-15-7-8-15)14-17-12-18(21-2)10-9-16(17)6-4-5-11-20/h9-10,12,15,20H,3,5,7-8,11,13-14H2,1-2H3. The Morgan fingerprint density at radius 3 is 2.81 bits per heavy atom. The smallest absolute Gasteiger partial charge is 0.119 e. The van der Waals surface area contributed by atoms with Crippen molar-refractivity contribution in [1.82, 2.24) is 4.90 Å². The topological polar surface area (TPSA) is 32.7 Å². The number of hydrogen-bond donors (Lipinski definition) is 1. The zero-order chi connectivity index (χ0) is 15.1. The van der Waals surface area contributed by atoms with Gasteiger partial charge in [0, 0.05) is 25.1 Å². The number of aliphatic hydroxyl groups excluding tert-OH is 1. The molecule has 0 bridgehead atoms. The van der Waals surface area contributed by atoms with E-state index in [2.05, 4.69) is 29.7 Å². The Morgan fingerprint density at radius 1 is 1.38 bits per heavy atom. The summed E-state index contributed by atoms with van der Waals surface area (Å²) in [4.78, 5) is 2.48. The van der Waals surface area contributed by atoms with E-state index in [-0.39, 0.29) is 6.61 Å². The monoisotopic (exact) mass is 287 g/mol. The van der Waals surface area contributed by atoms with E-state index >= 15 is 0 Å². The maximum Gasteiger partial charge on any atom is 0.119 e. The number of aliphatic hydroxyl groups is 1. The molecule has 2 rings (SSSR count). The van der Waals surface area contributed by atoms with Crippen molar-refractivity contribution in [2.24, 2.45) is 5.92 Å². The molecule has 1 aromatic rings. The molecule has 0 spiro atoms. The van der Waals surface area contributed by atoms with Crippen molar-refractivity contribution in [2.75, 3.05) is 26.8 Å². The van der Waals surface area contributed by atoms with Gasteiger partial charge in [0.1, 0.15) is 5.75 Å². The third-order valence-corrected chi connectivity index (χ3v) is 3.83. The number of hydrogen-bond acceptors (Lipinski definition) is 3. The lowest BCUT2D eigenvalue weighted by Crippen LogP contribution is -2.25. The second-order valence-electron chi connectivity index (χ2n) is 5.57. The van der Waals surface area contributed by atoms with Gasteiger partial charge in [0.15, 0.2) is 0 Å². The van der Waals surface area contributed by atoms with Gasteiger partial charge in [0.05, 0.1) is 13.7 Å². The summed E-state index contributed by atoms with van der Waals surface area (Å²) in [6.45, 7) is 5.46. The zero-order valence-electron chi connectivity index (χ0n) is 13.1. The molecule has 0 aromatic heterocycles. The van der Waals surface area contributed by atoms with E-state index in [1.165, 1.54) is 24.9 Å². The number of methoxy groups -OCH3 is 1. The van der Waals surface area contributed by atoms with E-state index in [1.807, 2.05) is 12.1 Å². The van der Waals surface area contributed by atoms with Crippen molar-refractivity contribution in [3.8, 4) is 17.6 Å². The van der Waals surface area contributed by atoms with E-state index in [0.717, 1.165) is 30.3 Å². The van der Waals surface area contributed by atoms with Crippen LogP contribution in [0.5, 0.6) is 5.75 Å². The lowest BCUT2D eigenvalue weighted by molar-refractivity contribution is 0.268. The summed E-state index contributed by atoms with van der Waals surface area (Å²) in [7, 11) is 1.69. The van der Waals surface area contributed by atoms with E-state index in [0.29, 0.717) is 6.42 Å². The summed E-state index contributed by atoms with van der Waals surface area (Å²) in [6, 6.07) is 6.05. The highest BCUT2D eigenvalue weighted by atomic mass is 16.5. The minimum Gasteiger partial charge on any atom is -0.497 e. The SMILES string of the molecule is CCN(Cc1cc(OC)ccc1C#CCCO)CC1CC1. The molecule has 1 N–H and O–H groups in total. The van der Waals surface area contributed by atoms with Gasteiger partial charge >= 0.3 is 0 Å². The van der Waals surface area contributed by atoms with Gasteiger partial charge in [-0.05, 0) is 49.1 Å². The maximum absolute atomic E-state index is 8.85. The molecule has 0 saturated heterocycles. The van der Waals surface area contributed by atoms with Crippen LogP contribution in [0.2, 0.25) is 0 Å². The van der Waals surface area contributed by atoms with Crippen molar-refractivity contribution in [1.29, 1.82) is 0 Å². The molecule has 1 aliphatic rings. The summed E-state index contributed by atoms with van der Waals surface area (Å²) in [6.07, 6.45) is 3.26. The molecule has 21 heavy (non-hydrogen) atoms. The molecule has 1 aliphatic carbocycles. The normalized spacial score (nSPS) is 13.9. The van der Waals surface area contributed by atoms with Gasteiger partial charge in [0.2, 0.25) is 0 Å². The minimum absolute atomic E-state index is 0.112. The fraction of sp³-hybridized carbons (Fsp3) is 0.556. The van der Waals surface area contributed by atoms with Crippen molar-refractivity contribution in [2.45, 2.75) is 32.7 Å². The Kier molecular flexibility index (Phi) is 6.10. The Bertz CT molecular complexity index is 512. The summed E-state index contributed by atoms with van der Waals surface area (Å²) in [5, 5.41) is 8.85. The molecular formula is C18H25NO2. The van der Waals surface area contributed by atoms with Crippen LogP contribution in [0.3, 0.4) is 0 Å². The summed E-state index contributed by atoms with van der Waals surface area (Å²) >= 11 is 0. The maximum atomic E-state index is 8.85. The van der Waals surface area contributed by atoms with Crippen molar-refractivity contribution < 1.29 is 9.84 Å². The fourth-order valence-electron chi connectivity index (χ4n) is 2.38. The van der Waals surface area contributed by atoms with Crippen LogP contribution in [-0.4, -0.2) is 36.8 Å². The molecule has 0 amide bonds. The number of nitrogens with zero attached hydrogens (tertiary/aromatic N) is 1. The lowest BCUT2D eigenvalue weighted by Gasteiger charge is -2.21. The van der Waals surface area contributed by atoms with Crippen LogP contribution in [0.4, 0.5) is 0 Å². The van der Waals surface area contributed by atoms with Crippen LogP contribution < -0.4 is 4.74 Å². The summed E-state index contributed by atoms with van der Waals surface area (Å²) in [5.41, 5.74) is 2.25. The van der Waals surface area contributed by atoms with Crippen LogP contribution >= 0.6 is 0 Å². The molecule has 0 radical (unpaired) electrons. The molecule has 1 saturated carbocycles. The average molecular weight is 287 g/mol. The van der Waals surface area contributed by atoms with Crippen LogP contribution in [-0.2, 0) is 6.54 Å². The van der Waals surface area contributed by atoms with Crippen molar-refractivity contribution in [3.05, 3.63) is 29.3 Å². The average Bonchev–Trinajstić information content (AvgIpc) is 3.32. The Balaban J connectivity index is 2.14. The third-order valence-electron chi connectivity index (χ3n) is 3.83. The predicted molar refractivity (Wildman–Crippen MR) is 85.2 cm³/mol. The highest BCUT2D eigenvalue weighted by Crippen LogP contribution is 2.30. The summed E-state index contributed by atoms with van der Waals surface area (Å²) < 4.78 is 5.34. The van der Waals surface area contributed by atoms with Gasteiger partial charge in [-0.3, -0.25) is 4.90 Å². The Hall–Kier alpha value is -1.50. The highest BCUT2D eigenvalue weighted by molar-refractivity contribution is 5.45. The van der Waals surface area contributed by atoms with E-state index < -0.39 is 0 Å². The van der Waals surface area contributed by atoms with Gasteiger partial charge in [-0.2, -0.15) is 0 Å². The first-order chi connectivity index (χ1) is 10.3. The second kappa shape index (κ2) is 8.07. The summed E-state index contributed by atoms with van der Waals surface area (Å²) in [5.74, 6) is 7.95. The second-order valence-corrected chi connectivity index (χ2v) is 5.57. The first kappa shape index (κ1) is 15.9. The van der Waals surface area contributed by atoms with E-state index in [1.54, 1.807) is 7.11 Å². The molecule has 0 atom stereocenters. The molecule has 3 nitrogen and oxygen atoms in total. The lowest BCUT2D eigenvalue weighted by atomic mass is 10.1. The van der Waals surface area contributed by atoms with Gasteiger partial charge in [-0.25, -0.2) is 0 Å². The first-order valence-electron chi connectivity index (χ1n) is 7.75. The van der Waals surface area contributed by atoms with E-state index in [9.17, 15) is 0 Å². The number of ether oxygens (including phenoxy) is 1. The minimum atomic E-state index is 0.112. The molecule has 114 valence electrons. The molecule has 0 unspecified atom stereocenters. The van der Waals surface area contributed by atoms with Gasteiger partial charge in [-0.15, -0.1) is 0 Å². The Labute approximate surface area is 127 Å². The first-order valence-corrected chi connectivity index (χ1v) is 7.75. The van der Waals surface area contributed by atoms with Crippen LogP contribution in [0, 0.1) is 17.8 Å². The largest absolute Gasteiger partial charge is 0.497 e. The van der Waals surface area contributed by atoms with E-state index in [4.69, 9.17) is 9.84 Å². The molecule has 3 heteroatoms. The molecule has 1 fully saturated rings. The Morgan fingerprint density at radius 2 is 2.19 bits per heavy atom. The van der Waals surface area contributed by atoms with Crippen molar-refractivity contribution in [3.63, 3.8) is 0 Å². The molecule has 1 aromatic carbocycles.